The summed E-state index contributed by atoms with van der Waals surface area (Å²) in [6.07, 6.45) is 0. The van der Waals surface area contributed by atoms with Crippen LogP contribution in [-0.4, -0.2) is 0 Å². The number of nitrogens with two attached hydrogens (primary N) is 1. The molecule has 2 rings (SSSR count). The second kappa shape index (κ2) is 4.82. The molecule has 94 valence electrons. The quantitative estimate of drug-likeness (QED) is 0.825. The van der Waals surface area contributed by atoms with Crippen LogP contribution in [0.1, 0.15) is 5.56 Å². The molecule has 2 aromatic carbocycles. The summed E-state index contributed by atoms with van der Waals surface area (Å²) < 4.78 is 32.3. The molecule has 2 N–H and O–H groups in total. The first-order chi connectivity index (χ1) is 8.47. The first-order valence-corrected chi connectivity index (χ1v) is 5.53. The predicted octanol–water partition coefficient (Wildman–Crippen LogP) is 4.30. The van der Waals surface area contributed by atoms with Crippen LogP contribution < -0.4 is 10.5 Å². The topological polar surface area (TPSA) is 35.2 Å². The lowest BCUT2D eigenvalue weighted by molar-refractivity contribution is 0.406. The van der Waals surface area contributed by atoms with Crippen molar-refractivity contribution in [3.8, 4) is 11.5 Å². The third kappa shape index (κ3) is 2.54. The van der Waals surface area contributed by atoms with Crippen LogP contribution >= 0.6 is 11.6 Å². The Morgan fingerprint density at radius 3 is 2.33 bits per heavy atom. The van der Waals surface area contributed by atoms with Crippen molar-refractivity contribution in [3.63, 3.8) is 0 Å². The van der Waals surface area contributed by atoms with Gasteiger partial charge in [-0.15, -0.1) is 0 Å². The van der Waals surface area contributed by atoms with E-state index in [2.05, 4.69) is 0 Å². The van der Waals surface area contributed by atoms with E-state index >= 15 is 0 Å². The van der Waals surface area contributed by atoms with Crippen molar-refractivity contribution in [2.24, 2.45) is 0 Å². The van der Waals surface area contributed by atoms with Crippen LogP contribution in [0.25, 0.3) is 0 Å². The van der Waals surface area contributed by atoms with Crippen LogP contribution in [-0.2, 0) is 0 Å². The number of anilines is 1. The van der Waals surface area contributed by atoms with Crippen molar-refractivity contribution in [2.75, 3.05) is 5.73 Å². The Morgan fingerprint density at radius 2 is 1.72 bits per heavy atom. The fourth-order valence-corrected chi connectivity index (χ4v) is 1.63. The van der Waals surface area contributed by atoms with Crippen molar-refractivity contribution in [2.45, 2.75) is 6.92 Å². The molecule has 0 saturated heterocycles. The first kappa shape index (κ1) is 12.6. The van der Waals surface area contributed by atoms with E-state index in [1.165, 1.54) is 6.07 Å². The summed E-state index contributed by atoms with van der Waals surface area (Å²) in [6, 6.07) is 6.85. The van der Waals surface area contributed by atoms with Crippen LogP contribution in [0.3, 0.4) is 0 Å². The van der Waals surface area contributed by atoms with Crippen molar-refractivity contribution >= 4 is 17.3 Å². The molecule has 0 atom stereocenters. The minimum atomic E-state index is -0.855. The molecule has 0 aliphatic carbocycles. The molecule has 0 bridgehead atoms. The number of rotatable bonds is 2. The maximum absolute atomic E-state index is 13.6. The number of ether oxygens (including phenoxy) is 1. The number of hydrogen-bond acceptors (Lipinski definition) is 2. The molecule has 18 heavy (non-hydrogen) atoms. The summed E-state index contributed by atoms with van der Waals surface area (Å²) >= 11 is 5.80. The van der Waals surface area contributed by atoms with Crippen molar-refractivity contribution < 1.29 is 13.5 Å². The minimum absolute atomic E-state index is 0.000154. The summed E-state index contributed by atoms with van der Waals surface area (Å²) in [5.74, 6) is -1.90. The summed E-state index contributed by atoms with van der Waals surface area (Å²) in [6.45, 7) is 1.75. The second-order valence-corrected chi connectivity index (χ2v) is 4.26. The largest absolute Gasteiger partial charge is 0.451 e. The lowest BCUT2D eigenvalue weighted by atomic mass is 10.2. The zero-order chi connectivity index (χ0) is 13.3. The Bertz CT molecular complexity index is 579. The van der Waals surface area contributed by atoms with E-state index in [1.54, 1.807) is 19.1 Å². The number of hydrogen-bond donors (Lipinski definition) is 1. The highest BCUT2D eigenvalue weighted by atomic mass is 35.5. The fraction of sp³-hybridized carbons (Fsp3) is 0.0769. The monoisotopic (exact) mass is 269 g/mol. The molecule has 5 heteroatoms. The zero-order valence-electron chi connectivity index (χ0n) is 9.51. The van der Waals surface area contributed by atoms with E-state index in [0.717, 1.165) is 17.7 Å². The van der Waals surface area contributed by atoms with E-state index in [0.29, 0.717) is 10.8 Å². The molecule has 0 aliphatic heterocycles. The molecular formula is C13H10ClF2NO. The Balaban J connectivity index is 2.43. The first-order valence-electron chi connectivity index (χ1n) is 5.16. The van der Waals surface area contributed by atoms with Crippen LogP contribution in [0.4, 0.5) is 14.5 Å². The van der Waals surface area contributed by atoms with Gasteiger partial charge in [0.15, 0.2) is 17.4 Å². The molecule has 0 fully saturated rings. The van der Waals surface area contributed by atoms with Crippen LogP contribution in [0.15, 0.2) is 30.3 Å². The minimum Gasteiger partial charge on any atom is -0.451 e. The average Bonchev–Trinajstić information content (AvgIpc) is 2.28. The van der Waals surface area contributed by atoms with Gasteiger partial charge in [0, 0.05) is 22.8 Å². The molecule has 0 spiro atoms. The Hall–Kier alpha value is -1.81. The van der Waals surface area contributed by atoms with Gasteiger partial charge in [0.05, 0.1) is 0 Å². The molecule has 0 aliphatic rings. The lowest BCUT2D eigenvalue weighted by Crippen LogP contribution is -1.96. The molecule has 0 aromatic heterocycles. The Kier molecular flexibility index (Phi) is 3.39. The van der Waals surface area contributed by atoms with Crippen molar-refractivity contribution in [1.82, 2.24) is 0 Å². The summed E-state index contributed by atoms with van der Waals surface area (Å²) in [7, 11) is 0. The lowest BCUT2D eigenvalue weighted by Gasteiger charge is -2.11. The number of benzene rings is 2. The van der Waals surface area contributed by atoms with Gasteiger partial charge >= 0.3 is 0 Å². The maximum Gasteiger partial charge on any atom is 0.198 e. The van der Waals surface area contributed by atoms with Gasteiger partial charge in [-0.1, -0.05) is 17.7 Å². The highest BCUT2D eigenvalue weighted by molar-refractivity contribution is 6.30. The van der Waals surface area contributed by atoms with Gasteiger partial charge < -0.3 is 10.5 Å². The molecule has 0 radical (unpaired) electrons. The highest BCUT2D eigenvalue weighted by Crippen LogP contribution is 2.32. The van der Waals surface area contributed by atoms with Crippen LogP contribution in [0, 0.1) is 18.6 Å². The standard InChI is InChI=1S/C13H10ClF2NO/c1-7-2-3-8(14)4-12(7)18-13-10(15)5-9(17)6-11(13)16/h2-6H,17H2,1H3. The maximum atomic E-state index is 13.6. The number of nitrogen functional groups attached to an aromatic ring is 1. The van der Waals surface area contributed by atoms with Crippen LogP contribution in [0.2, 0.25) is 5.02 Å². The summed E-state index contributed by atoms with van der Waals surface area (Å²) in [5, 5.41) is 0.423. The Morgan fingerprint density at radius 1 is 1.11 bits per heavy atom. The average molecular weight is 270 g/mol. The normalized spacial score (nSPS) is 10.4. The summed E-state index contributed by atoms with van der Waals surface area (Å²) in [4.78, 5) is 0. The third-order valence-corrected chi connectivity index (χ3v) is 2.62. The highest BCUT2D eigenvalue weighted by Gasteiger charge is 2.14. The van der Waals surface area contributed by atoms with Gasteiger partial charge in [0.1, 0.15) is 5.75 Å². The van der Waals surface area contributed by atoms with E-state index in [1.807, 2.05) is 0 Å². The van der Waals surface area contributed by atoms with Crippen LogP contribution in [0.5, 0.6) is 11.5 Å². The molecule has 0 unspecified atom stereocenters. The van der Waals surface area contributed by atoms with Gasteiger partial charge in [-0.2, -0.15) is 0 Å². The zero-order valence-corrected chi connectivity index (χ0v) is 10.3. The smallest absolute Gasteiger partial charge is 0.198 e. The molecule has 0 saturated carbocycles. The fourth-order valence-electron chi connectivity index (χ4n) is 1.47. The van der Waals surface area contributed by atoms with E-state index in [4.69, 9.17) is 22.1 Å². The van der Waals surface area contributed by atoms with Crippen molar-refractivity contribution in [1.29, 1.82) is 0 Å². The van der Waals surface area contributed by atoms with E-state index < -0.39 is 17.4 Å². The Labute approximate surface area is 108 Å². The predicted molar refractivity (Wildman–Crippen MR) is 67.0 cm³/mol. The van der Waals surface area contributed by atoms with Gasteiger partial charge in [-0.05, 0) is 24.6 Å². The third-order valence-electron chi connectivity index (χ3n) is 2.38. The molecular weight excluding hydrogens is 260 g/mol. The summed E-state index contributed by atoms with van der Waals surface area (Å²) in [5.41, 5.74) is 6.04. The van der Waals surface area contributed by atoms with Crippen molar-refractivity contribution in [3.05, 3.63) is 52.6 Å². The van der Waals surface area contributed by atoms with Gasteiger partial charge in [-0.25, -0.2) is 8.78 Å². The second-order valence-electron chi connectivity index (χ2n) is 3.83. The van der Waals surface area contributed by atoms with Gasteiger partial charge in [-0.3, -0.25) is 0 Å². The van der Waals surface area contributed by atoms with E-state index in [-0.39, 0.29) is 5.69 Å². The molecule has 0 heterocycles. The number of aryl methyl sites for hydroxylation is 1. The number of halogens is 3. The molecule has 2 nitrogen and oxygen atoms in total. The van der Waals surface area contributed by atoms with E-state index in [9.17, 15) is 8.78 Å². The van der Waals surface area contributed by atoms with Gasteiger partial charge in [0.2, 0.25) is 0 Å². The SMILES string of the molecule is Cc1ccc(Cl)cc1Oc1c(F)cc(N)cc1F. The molecule has 2 aromatic rings. The van der Waals surface area contributed by atoms with Gasteiger partial charge in [0.25, 0.3) is 0 Å². The molecule has 0 amide bonds.